The van der Waals surface area contributed by atoms with E-state index in [0.29, 0.717) is 22.2 Å². The Morgan fingerprint density at radius 3 is 2.62 bits per heavy atom. The molecule has 0 saturated carbocycles. The molecule has 0 bridgehead atoms. The van der Waals surface area contributed by atoms with E-state index in [-0.39, 0.29) is 11.4 Å². The number of aromatic nitrogens is 1. The molecule has 0 unspecified atom stereocenters. The van der Waals surface area contributed by atoms with Crippen LogP contribution in [0.4, 0.5) is 5.69 Å². The number of ether oxygens (including phenoxy) is 1. The van der Waals surface area contributed by atoms with E-state index >= 15 is 0 Å². The molecule has 1 amide bonds. The van der Waals surface area contributed by atoms with Crippen molar-refractivity contribution in [3.05, 3.63) is 40.3 Å². The Kier molecular flexibility index (Phi) is 7.07. The second-order valence-corrected chi connectivity index (χ2v) is 6.81. The van der Waals surface area contributed by atoms with Crippen LogP contribution < -0.4 is 15.4 Å². The van der Waals surface area contributed by atoms with Gasteiger partial charge in [0, 0.05) is 11.6 Å². The smallest absolute Gasteiger partial charge is 0.341 e. The molecule has 5 N–H and O–H groups in total. The Labute approximate surface area is 154 Å². The highest BCUT2D eigenvalue weighted by Crippen LogP contribution is 2.29. The zero-order chi connectivity index (χ0) is 17.6. The fraction of sp³-hybridized carbons (Fsp3) is 0.353. The molecule has 1 aromatic heterocycles. The van der Waals surface area contributed by atoms with Gasteiger partial charge in [-0.3, -0.25) is 4.79 Å². The van der Waals surface area contributed by atoms with Crippen LogP contribution in [0.5, 0.6) is 5.75 Å². The lowest BCUT2D eigenvalue weighted by atomic mass is 9.99. The third kappa shape index (κ3) is 5.25. The summed E-state index contributed by atoms with van der Waals surface area (Å²) >= 11 is 1.44. The Balaban J connectivity index is 0.00000243. The SMILES string of the molecule is O.O=C(O)COc1ccc(NC(=O)c2cnc(C3CCNCC3)s2)cc1. The van der Waals surface area contributed by atoms with E-state index in [1.54, 1.807) is 30.5 Å². The third-order valence-corrected chi connectivity index (χ3v) is 5.07. The number of nitrogens with zero attached hydrogens (tertiary/aromatic N) is 1. The van der Waals surface area contributed by atoms with E-state index in [0.717, 1.165) is 30.9 Å². The molecule has 1 aromatic carbocycles. The molecule has 1 aliphatic rings. The van der Waals surface area contributed by atoms with Crippen molar-refractivity contribution >= 4 is 28.9 Å². The minimum atomic E-state index is -1.04. The van der Waals surface area contributed by atoms with Crippen molar-refractivity contribution in [2.45, 2.75) is 18.8 Å². The molecule has 0 radical (unpaired) electrons. The molecule has 1 saturated heterocycles. The first-order chi connectivity index (χ1) is 12.1. The van der Waals surface area contributed by atoms with Gasteiger partial charge < -0.3 is 26.0 Å². The third-order valence-electron chi connectivity index (χ3n) is 3.91. The number of thiazole rings is 1. The normalized spacial score (nSPS) is 14.3. The summed E-state index contributed by atoms with van der Waals surface area (Å²) < 4.78 is 5.06. The van der Waals surface area contributed by atoms with Gasteiger partial charge in [0.2, 0.25) is 0 Å². The fourth-order valence-electron chi connectivity index (χ4n) is 2.62. The number of rotatable bonds is 6. The predicted molar refractivity (Wildman–Crippen MR) is 98.1 cm³/mol. The minimum absolute atomic E-state index is 0. The number of benzene rings is 1. The molecule has 2 aromatic rings. The van der Waals surface area contributed by atoms with Gasteiger partial charge in [-0.05, 0) is 50.2 Å². The summed E-state index contributed by atoms with van der Waals surface area (Å²) in [6.07, 6.45) is 3.72. The number of carboxylic acids is 1. The molecule has 0 spiro atoms. The van der Waals surface area contributed by atoms with Crippen molar-refractivity contribution < 1.29 is 24.9 Å². The number of carbonyl (C=O) groups excluding carboxylic acids is 1. The molecule has 1 fully saturated rings. The molecular formula is C17H21N3O5S. The Morgan fingerprint density at radius 2 is 1.96 bits per heavy atom. The number of hydrogen-bond acceptors (Lipinski definition) is 6. The van der Waals surface area contributed by atoms with Crippen molar-refractivity contribution in [1.82, 2.24) is 10.3 Å². The molecular weight excluding hydrogens is 358 g/mol. The maximum Gasteiger partial charge on any atom is 0.341 e. The van der Waals surface area contributed by atoms with Crippen molar-refractivity contribution in [3.8, 4) is 5.75 Å². The average Bonchev–Trinajstić information content (AvgIpc) is 3.12. The molecule has 2 heterocycles. The summed E-state index contributed by atoms with van der Waals surface area (Å²) in [6.45, 7) is 1.58. The number of carbonyl (C=O) groups is 2. The van der Waals surface area contributed by atoms with Crippen LogP contribution in [0.1, 0.15) is 33.4 Å². The number of piperidine rings is 1. The van der Waals surface area contributed by atoms with Gasteiger partial charge in [0.1, 0.15) is 10.6 Å². The topological polar surface area (TPSA) is 132 Å². The summed E-state index contributed by atoms with van der Waals surface area (Å²) in [5.41, 5.74) is 0.615. The van der Waals surface area contributed by atoms with E-state index in [2.05, 4.69) is 15.6 Å². The zero-order valence-electron chi connectivity index (χ0n) is 14.0. The zero-order valence-corrected chi connectivity index (χ0v) is 14.8. The Morgan fingerprint density at radius 1 is 1.27 bits per heavy atom. The van der Waals surface area contributed by atoms with Crippen LogP contribution in [0.25, 0.3) is 0 Å². The standard InChI is InChI=1S/C17H19N3O4S.H2O/c21-15(22)10-24-13-3-1-12(2-4-13)20-16(23)14-9-19-17(25-14)11-5-7-18-8-6-11;/h1-4,9,11,18H,5-8,10H2,(H,20,23)(H,21,22);1H2. The van der Waals surface area contributed by atoms with Gasteiger partial charge >= 0.3 is 5.97 Å². The summed E-state index contributed by atoms with van der Waals surface area (Å²) in [4.78, 5) is 27.8. The predicted octanol–water partition coefficient (Wildman–Crippen LogP) is 1.50. The lowest BCUT2D eigenvalue weighted by Gasteiger charge is -2.20. The first kappa shape index (κ1) is 19.8. The molecule has 1 aliphatic heterocycles. The van der Waals surface area contributed by atoms with Gasteiger partial charge in [-0.25, -0.2) is 9.78 Å². The first-order valence-corrected chi connectivity index (χ1v) is 8.86. The molecule has 8 nitrogen and oxygen atoms in total. The van der Waals surface area contributed by atoms with E-state index in [9.17, 15) is 9.59 Å². The molecule has 3 rings (SSSR count). The van der Waals surface area contributed by atoms with Crippen LogP contribution >= 0.6 is 11.3 Å². The number of carboxylic acid groups (broad SMARTS) is 1. The van der Waals surface area contributed by atoms with Crippen LogP contribution in [-0.2, 0) is 4.79 Å². The van der Waals surface area contributed by atoms with Crippen LogP contribution in [0.3, 0.4) is 0 Å². The quantitative estimate of drug-likeness (QED) is 0.697. The lowest BCUT2D eigenvalue weighted by Crippen LogP contribution is -2.26. The number of anilines is 1. The Hall–Kier alpha value is -2.49. The molecule has 0 atom stereocenters. The lowest BCUT2D eigenvalue weighted by molar-refractivity contribution is -0.139. The van der Waals surface area contributed by atoms with Gasteiger partial charge in [0.15, 0.2) is 6.61 Å². The largest absolute Gasteiger partial charge is 0.482 e. The van der Waals surface area contributed by atoms with Gasteiger partial charge in [0.05, 0.1) is 11.2 Å². The summed E-state index contributed by atoms with van der Waals surface area (Å²) in [5, 5.41) is 15.7. The van der Waals surface area contributed by atoms with Crippen molar-refractivity contribution in [2.75, 3.05) is 25.0 Å². The second-order valence-electron chi connectivity index (χ2n) is 5.75. The summed E-state index contributed by atoms with van der Waals surface area (Å²) in [6, 6.07) is 6.57. The first-order valence-electron chi connectivity index (χ1n) is 8.04. The van der Waals surface area contributed by atoms with Crippen molar-refractivity contribution in [2.24, 2.45) is 0 Å². The van der Waals surface area contributed by atoms with E-state index in [1.165, 1.54) is 11.3 Å². The van der Waals surface area contributed by atoms with Crippen molar-refractivity contribution in [3.63, 3.8) is 0 Å². The highest BCUT2D eigenvalue weighted by molar-refractivity contribution is 7.13. The van der Waals surface area contributed by atoms with Gasteiger partial charge in [-0.1, -0.05) is 0 Å². The maximum absolute atomic E-state index is 12.3. The number of amides is 1. The summed E-state index contributed by atoms with van der Waals surface area (Å²) in [5.74, 6) is -0.367. The van der Waals surface area contributed by atoms with E-state index < -0.39 is 12.6 Å². The Bertz CT molecular complexity index is 741. The minimum Gasteiger partial charge on any atom is -0.482 e. The maximum atomic E-state index is 12.3. The number of nitrogens with one attached hydrogen (secondary N) is 2. The highest BCUT2D eigenvalue weighted by atomic mass is 32.1. The molecule has 9 heteroatoms. The molecule has 0 aliphatic carbocycles. The van der Waals surface area contributed by atoms with Gasteiger partial charge in [-0.15, -0.1) is 11.3 Å². The molecule has 26 heavy (non-hydrogen) atoms. The summed E-state index contributed by atoms with van der Waals surface area (Å²) in [7, 11) is 0. The van der Waals surface area contributed by atoms with E-state index in [1.807, 2.05) is 0 Å². The number of hydrogen-bond donors (Lipinski definition) is 3. The second kappa shape index (κ2) is 9.27. The van der Waals surface area contributed by atoms with E-state index in [4.69, 9.17) is 9.84 Å². The van der Waals surface area contributed by atoms with Crippen LogP contribution in [0, 0.1) is 0 Å². The van der Waals surface area contributed by atoms with Gasteiger partial charge in [0.25, 0.3) is 5.91 Å². The van der Waals surface area contributed by atoms with Gasteiger partial charge in [-0.2, -0.15) is 0 Å². The van der Waals surface area contributed by atoms with Crippen LogP contribution in [-0.4, -0.2) is 47.1 Å². The van der Waals surface area contributed by atoms with Crippen molar-refractivity contribution in [1.29, 1.82) is 0 Å². The monoisotopic (exact) mass is 379 g/mol. The van der Waals surface area contributed by atoms with Crippen LogP contribution in [0.2, 0.25) is 0 Å². The van der Waals surface area contributed by atoms with Crippen LogP contribution in [0.15, 0.2) is 30.5 Å². The average molecular weight is 379 g/mol. The number of aliphatic carboxylic acids is 1. The fourth-order valence-corrected chi connectivity index (χ4v) is 3.60. The highest BCUT2D eigenvalue weighted by Gasteiger charge is 2.20. The molecule has 140 valence electrons.